The zero-order valence-electron chi connectivity index (χ0n) is 14.5. The number of hydrogen-bond acceptors (Lipinski definition) is 1. The van der Waals surface area contributed by atoms with Gasteiger partial charge in [-0.15, -0.1) is 0 Å². The van der Waals surface area contributed by atoms with Crippen LogP contribution >= 0.6 is 31.9 Å². The largest absolute Gasteiger partial charge is 0.337 e. The van der Waals surface area contributed by atoms with Crippen molar-refractivity contribution in [3.8, 4) is 22.6 Å². The lowest BCUT2D eigenvalue weighted by Gasteiger charge is -2.08. The Morgan fingerprint density at radius 1 is 0.821 bits per heavy atom. The molecule has 0 aliphatic carbocycles. The number of halogens is 2. The summed E-state index contributed by atoms with van der Waals surface area (Å²) in [5.74, 6) is 0. The highest BCUT2D eigenvalue weighted by Gasteiger charge is 2.16. The van der Waals surface area contributed by atoms with E-state index in [1.54, 1.807) is 21.3 Å². The van der Waals surface area contributed by atoms with Crippen LogP contribution in [-0.4, -0.2) is 9.13 Å². The van der Waals surface area contributed by atoms with E-state index in [2.05, 4.69) is 36.7 Å². The molecule has 0 saturated heterocycles. The molecule has 0 amide bonds. The van der Waals surface area contributed by atoms with Gasteiger partial charge in [0.25, 0.3) is 0 Å². The summed E-state index contributed by atoms with van der Waals surface area (Å²) in [6.45, 7) is 7.29. The maximum atomic E-state index is 13.3. The number of rotatable bonds is 3. The molecule has 0 aliphatic rings. The topological polar surface area (TPSA) is 31.3 Å². The lowest BCUT2D eigenvalue weighted by molar-refractivity contribution is 0.911. The van der Waals surface area contributed by atoms with Crippen LogP contribution in [0.2, 0.25) is 0 Å². The van der Waals surface area contributed by atoms with Gasteiger partial charge < -0.3 is 0 Å². The zero-order chi connectivity index (χ0) is 19.7. The molecule has 4 nitrogen and oxygen atoms in total. The fourth-order valence-corrected chi connectivity index (χ4v) is 3.54. The van der Waals surface area contributed by atoms with Crippen molar-refractivity contribution in [2.24, 2.45) is 0 Å². The van der Waals surface area contributed by atoms with Gasteiger partial charge in [-0.1, -0.05) is 50.1 Å². The first kappa shape index (κ1) is 18.5. The molecule has 6 heteroatoms. The van der Waals surface area contributed by atoms with E-state index in [0.29, 0.717) is 5.69 Å². The highest BCUT2D eigenvalue weighted by Crippen LogP contribution is 2.27. The second-order valence-electron chi connectivity index (χ2n) is 6.12. The summed E-state index contributed by atoms with van der Waals surface area (Å²) in [5.41, 5.74) is 3.42. The monoisotopic (exact) mass is 493 g/mol. The van der Waals surface area contributed by atoms with Crippen LogP contribution in [0, 0.1) is 6.57 Å². The SMILES string of the molecule is [C-]#[N+]c1cccc(-c2cn(-c3ccc(Br)cc3)c(=O)n2-c2ccc(Br)cc2)c1. The first-order chi connectivity index (χ1) is 13.6. The third-order valence-electron chi connectivity index (χ3n) is 4.35. The van der Waals surface area contributed by atoms with Gasteiger partial charge in [-0.25, -0.2) is 9.64 Å². The minimum Gasteiger partial charge on any atom is -0.267 e. The predicted octanol–water partition coefficient (Wildman–Crippen LogP) is 6.37. The van der Waals surface area contributed by atoms with Crippen molar-refractivity contribution in [3.63, 3.8) is 0 Å². The Bertz CT molecular complexity index is 1250. The molecule has 1 heterocycles. The molecule has 0 fully saturated rings. The molecule has 28 heavy (non-hydrogen) atoms. The Labute approximate surface area is 178 Å². The molecule has 0 radical (unpaired) electrons. The molecule has 4 aromatic rings. The van der Waals surface area contributed by atoms with E-state index in [9.17, 15) is 4.79 Å². The van der Waals surface area contributed by atoms with Gasteiger partial charge in [0.15, 0.2) is 5.69 Å². The quantitative estimate of drug-likeness (QED) is 0.304. The zero-order valence-corrected chi connectivity index (χ0v) is 17.7. The van der Waals surface area contributed by atoms with E-state index in [1.165, 1.54) is 0 Å². The Kier molecular flexibility index (Phi) is 5.03. The van der Waals surface area contributed by atoms with Gasteiger partial charge in [0.05, 0.1) is 23.6 Å². The molecule has 3 aromatic carbocycles. The summed E-state index contributed by atoms with van der Waals surface area (Å²) in [5, 5.41) is 0. The Morgan fingerprint density at radius 2 is 1.43 bits per heavy atom. The van der Waals surface area contributed by atoms with Crippen molar-refractivity contribution in [1.82, 2.24) is 9.13 Å². The summed E-state index contributed by atoms with van der Waals surface area (Å²) < 4.78 is 5.17. The van der Waals surface area contributed by atoms with Gasteiger partial charge in [-0.05, 0) is 60.2 Å². The molecule has 0 spiro atoms. The first-order valence-electron chi connectivity index (χ1n) is 8.41. The van der Waals surface area contributed by atoms with Gasteiger partial charge in [-0.2, -0.15) is 0 Å². The molecular formula is C22H13Br2N3O. The third kappa shape index (κ3) is 3.47. The maximum Gasteiger partial charge on any atom is 0.337 e. The molecule has 4 rings (SSSR count). The van der Waals surface area contributed by atoms with E-state index in [0.717, 1.165) is 31.6 Å². The van der Waals surface area contributed by atoms with Crippen LogP contribution < -0.4 is 5.69 Å². The van der Waals surface area contributed by atoms with Gasteiger partial charge in [0.1, 0.15) is 0 Å². The smallest absolute Gasteiger partial charge is 0.267 e. The second-order valence-corrected chi connectivity index (χ2v) is 7.95. The molecule has 1 aromatic heterocycles. The lowest BCUT2D eigenvalue weighted by atomic mass is 10.1. The van der Waals surface area contributed by atoms with Crippen molar-refractivity contribution in [1.29, 1.82) is 0 Å². The van der Waals surface area contributed by atoms with E-state index in [4.69, 9.17) is 6.57 Å². The average Bonchev–Trinajstić information content (AvgIpc) is 3.06. The summed E-state index contributed by atoms with van der Waals surface area (Å²) in [6.07, 6.45) is 1.82. The fraction of sp³-hybridized carbons (Fsp3) is 0. The number of benzene rings is 3. The van der Waals surface area contributed by atoms with Crippen molar-refractivity contribution in [2.45, 2.75) is 0 Å². The number of nitrogens with zero attached hydrogens (tertiary/aromatic N) is 3. The first-order valence-corrected chi connectivity index (χ1v) is 9.99. The van der Waals surface area contributed by atoms with E-state index < -0.39 is 0 Å². The van der Waals surface area contributed by atoms with Gasteiger partial charge >= 0.3 is 5.69 Å². The van der Waals surface area contributed by atoms with E-state index in [-0.39, 0.29) is 5.69 Å². The summed E-state index contributed by atoms with van der Waals surface area (Å²) in [4.78, 5) is 16.8. The number of aromatic nitrogens is 2. The molecule has 136 valence electrons. The summed E-state index contributed by atoms with van der Waals surface area (Å²) in [7, 11) is 0. The van der Waals surface area contributed by atoms with Crippen molar-refractivity contribution in [3.05, 3.63) is 110 Å². The van der Waals surface area contributed by atoms with Crippen molar-refractivity contribution in [2.75, 3.05) is 0 Å². The highest BCUT2D eigenvalue weighted by molar-refractivity contribution is 9.10. The Balaban J connectivity index is 1.99. The maximum absolute atomic E-state index is 13.3. The van der Waals surface area contributed by atoms with Crippen LogP contribution in [0.1, 0.15) is 0 Å². The molecule has 0 aliphatic heterocycles. The van der Waals surface area contributed by atoms with Crippen LogP contribution in [0.25, 0.3) is 27.5 Å². The van der Waals surface area contributed by atoms with Crippen LogP contribution in [0.5, 0.6) is 0 Å². The minimum atomic E-state index is -0.173. The van der Waals surface area contributed by atoms with Crippen LogP contribution in [0.15, 0.2) is 92.7 Å². The Morgan fingerprint density at radius 3 is 2.04 bits per heavy atom. The average molecular weight is 495 g/mol. The van der Waals surface area contributed by atoms with Crippen LogP contribution in [0.3, 0.4) is 0 Å². The highest BCUT2D eigenvalue weighted by atomic mass is 79.9. The van der Waals surface area contributed by atoms with Gasteiger partial charge in [-0.3, -0.25) is 9.13 Å². The minimum absolute atomic E-state index is 0.173. The normalized spacial score (nSPS) is 10.6. The lowest BCUT2D eigenvalue weighted by Crippen LogP contribution is -2.22. The van der Waals surface area contributed by atoms with Crippen molar-refractivity contribution < 1.29 is 0 Å². The van der Waals surface area contributed by atoms with Crippen molar-refractivity contribution >= 4 is 37.5 Å². The van der Waals surface area contributed by atoms with Gasteiger partial charge in [0.2, 0.25) is 0 Å². The van der Waals surface area contributed by atoms with Crippen LogP contribution in [0.4, 0.5) is 5.69 Å². The van der Waals surface area contributed by atoms with Gasteiger partial charge in [0, 0.05) is 15.1 Å². The fourth-order valence-electron chi connectivity index (χ4n) is 3.01. The second kappa shape index (κ2) is 7.63. The molecular weight excluding hydrogens is 482 g/mol. The molecule has 0 N–H and O–H groups in total. The number of imidazole rings is 1. The molecule has 0 bridgehead atoms. The van der Waals surface area contributed by atoms with E-state index >= 15 is 0 Å². The predicted molar refractivity (Wildman–Crippen MR) is 118 cm³/mol. The molecule has 0 saturated carbocycles. The standard InChI is InChI=1S/C22H13Br2N3O/c1-25-18-4-2-3-15(13-18)21-14-26(19-9-5-16(23)6-10-19)22(28)27(21)20-11-7-17(24)8-12-20/h2-14H. The van der Waals surface area contributed by atoms with E-state index in [1.807, 2.05) is 66.9 Å². The molecule has 0 atom stereocenters. The summed E-state index contributed by atoms with van der Waals surface area (Å²) >= 11 is 6.86. The van der Waals surface area contributed by atoms with Crippen LogP contribution in [-0.2, 0) is 0 Å². The Hall–Kier alpha value is -2.88. The number of hydrogen-bond donors (Lipinski definition) is 0. The third-order valence-corrected chi connectivity index (χ3v) is 5.41. The summed E-state index contributed by atoms with van der Waals surface area (Å²) in [6, 6.07) is 22.4. The molecule has 0 unspecified atom stereocenters.